The number of hydrogen-bond donors (Lipinski definition) is 1. The summed E-state index contributed by atoms with van der Waals surface area (Å²) in [5.74, 6) is -2.08. The van der Waals surface area contributed by atoms with E-state index in [1.807, 2.05) is 13.8 Å². The summed E-state index contributed by atoms with van der Waals surface area (Å²) in [7, 11) is 0. The number of carboxylic acid groups (broad SMARTS) is 1. The molecule has 1 unspecified atom stereocenters. The molecule has 0 aromatic heterocycles. The van der Waals surface area contributed by atoms with Gasteiger partial charge in [-0.1, -0.05) is 32.0 Å². The fourth-order valence-electron chi connectivity index (χ4n) is 1.13. The highest BCUT2D eigenvalue weighted by Crippen LogP contribution is 2.31. The van der Waals surface area contributed by atoms with Crippen molar-refractivity contribution in [2.24, 2.45) is 0 Å². The van der Waals surface area contributed by atoms with Crippen molar-refractivity contribution in [3.63, 3.8) is 0 Å². The Kier molecular flexibility index (Phi) is 5.71. The average Bonchev–Trinajstić information content (AvgIpc) is 2.29. The quantitative estimate of drug-likeness (QED) is 0.861. The minimum Gasteiger partial charge on any atom is -0.481 e. The fourth-order valence-corrected chi connectivity index (χ4v) is 1.13. The predicted octanol–water partition coefficient (Wildman–Crippen LogP) is 3.92. The number of halogens is 3. The van der Waals surface area contributed by atoms with Crippen LogP contribution < -0.4 is 0 Å². The van der Waals surface area contributed by atoms with E-state index in [9.17, 15) is 18.0 Å². The normalized spacial score (nSPS) is 12.4. The van der Waals surface area contributed by atoms with Crippen molar-refractivity contribution in [3.05, 3.63) is 35.4 Å². The Bertz CT molecular complexity index is 372. The molecular weight excluding hydrogens is 233 g/mol. The number of benzene rings is 1. The second kappa shape index (κ2) is 6.27. The minimum atomic E-state index is -4.44. The molecule has 0 fully saturated rings. The van der Waals surface area contributed by atoms with Crippen LogP contribution in [0.3, 0.4) is 0 Å². The SMILES string of the molecule is CC.CC(C(=O)O)c1cccc(C(F)(F)F)c1. The van der Waals surface area contributed by atoms with Crippen LogP contribution in [0, 0.1) is 0 Å². The molecule has 0 aliphatic heterocycles. The molecule has 0 aliphatic rings. The summed E-state index contributed by atoms with van der Waals surface area (Å²) in [6.45, 7) is 5.35. The van der Waals surface area contributed by atoms with E-state index in [1.54, 1.807) is 0 Å². The van der Waals surface area contributed by atoms with Crippen LogP contribution >= 0.6 is 0 Å². The molecule has 0 saturated carbocycles. The molecule has 0 radical (unpaired) electrons. The van der Waals surface area contributed by atoms with Crippen LogP contribution in [-0.4, -0.2) is 11.1 Å². The molecule has 1 aromatic rings. The lowest BCUT2D eigenvalue weighted by Gasteiger charge is -2.10. The number of aliphatic carboxylic acids is 1. The zero-order valence-corrected chi connectivity index (χ0v) is 9.88. The molecule has 1 N–H and O–H groups in total. The fraction of sp³-hybridized carbons (Fsp3) is 0.417. The number of rotatable bonds is 2. The van der Waals surface area contributed by atoms with Gasteiger partial charge in [-0.05, 0) is 18.6 Å². The zero-order chi connectivity index (χ0) is 13.6. The van der Waals surface area contributed by atoms with Crippen LogP contribution in [0.25, 0.3) is 0 Å². The molecule has 1 aromatic carbocycles. The summed E-state index contributed by atoms with van der Waals surface area (Å²) in [4.78, 5) is 10.6. The average molecular weight is 248 g/mol. The first kappa shape index (κ1) is 15.5. The molecule has 0 bridgehead atoms. The molecular formula is C12H15F3O2. The highest BCUT2D eigenvalue weighted by molar-refractivity contribution is 5.75. The third kappa shape index (κ3) is 4.46. The van der Waals surface area contributed by atoms with Crippen molar-refractivity contribution in [2.75, 3.05) is 0 Å². The summed E-state index contributed by atoms with van der Waals surface area (Å²) in [6.07, 6.45) is -4.44. The summed E-state index contributed by atoms with van der Waals surface area (Å²) in [5.41, 5.74) is -0.676. The summed E-state index contributed by atoms with van der Waals surface area (Å²) in [6, 6.07) is 4.35. The van der Waals surface area contributed by atoms with E-state index in [4.69, 9.17) is 5.11 Å². The maximum atomic E-state index is 12.3. The van der Waals surface area contributed by atoms with Crippen LogP contribution in [0.15, 0.2) is 24.3 Å². The molecule has 0 saturated heterocycles. The van der Waals surface area contributed by atoms with Gasteiger partial charge >= 0.3 is 12.1 Å². The van der Waals surface area contributed by atoms with Gasteiger partial charge in [-0.3, -0.25) is 4.79 Å². The maximum absolute atomic E-state index is 12.3. The van der Waals surface area contributed by atoms with Gasteiger partial charge in [0.1, 0.15) is 0 Å². The largest absolute Gasteiger partial charge is 0.481 e. The Balaban J connectivity index is 0.00000121. The van der Waals surface area contributed by atoms with Gasteiger partial charge in [-0.2, -0.15) is 13.2 Å². The number of carbonyl (C=O) groups is 1. The monoisotopic (exact) mass is 248 g/mol. The van der Waals surface area contributed by atoms with Crippen molar-refractivity contribution < 1.29 is 23.1 Å². The Morgan fingerprint density at radius 2 is 1.82 bits per heavy atom. The number of carboxylic acids is 1. The van der Waals surface area contributed by atoms with Crippen molar-refractivity contribution in [2.45, 2.75) is 32.9 Å². The van der Waals surface area contributed by atoms with Crippen molar-refractivity contribution in [3.8, 4) is 0 Å². The van der Waals surface area contributed by atoms with E-state index in [0.29, 0.717) is 0 Å². The Labute approximate surface area is 98.1 Å². The first-order valence-electron chi connectivity index (χ1n) is 5.22. The second-order valence-corrected chi connectivity index (χ2v) is 3.18. The maximum Gasteiger partial charge on any atom is 0.416 e. The van der Waals surface area contributed by atoms with Gasteiger partial charge in [0, 0.05) is 0 Å². The topological polar surface area (TPSA) is 37.3 Å². The first-order chi connectivity index (χ1) is 7.82. The van der Waals surface area contributed by atoms with Gasteiger partial charge in [-0.15, -0.1) is 0 Å². The molecule has 0 spiro atoms. The molecule has 1 rings (SSSR count). The van der Waals surface area contributed by atoms with Crippen molar-refractivity contribution in [1.82, 2.24) is 0 Å². The number of alkyl halides is 3. The Hall–Kier alpha value is -1.52. The highest BCUT2D eigenvalue weighted by atomic mass is 19.4. The van der Waals surface area contributed by atoms with E-state index in [1.165, 1.54) is 19.1 Å². The Morgan fingerprint density at radius 3 is 2.24 bits per heavy atom. The standard InChI is InChI=1S/C10H9F3O2.C2H6/c1-6(9(14)15)7-3-2-4-8(5-7)10(11,12)13;1-2/h2-6H,1H3,(H,14,15);1-2H3. The second-order valence-electron chi connectivity index (χ2n) is 3.18. The molecule has 0 heterocycles. The van der Waals surface area contributed by atoms with Gasteiger partial charge < -0.3 is 5.11 Å². The van der Waals surface area contributed by atoms with Crippen LogP contribution in [0.1, 0.15) is 37.8 Å². The van der Waals surface area contributed by atoms with Crippen LogP contribution in [0.4, 0.5) is 13.2 Å². The summed E-state index contributed by atoms with van der Waals surface area (Å²) >= 11 is 0. The summed E-state index contributed by atoms with van der Waals surface area (Å²) in [5, 5.41) is 8.65. The van der Waals surface area contributed by atoms with E-state index in [-0.39, 0.29) is 5.56 Å². The van der Waals surface area contributed by atoms with E-state index in [0.717, 1.165) is 12.1 Å². The van der Waals surface area contributed by atoms with E-state index < -0.39 is 23.6 Å². The van der Waals surface area contributed by atoms with Gasteiger partial charge in [0.05, 0.1) is 11.5 Å². The molecule has 1 atom stereocenters. The summed E-state index contributed by atoms with van der Waals surface area (Å²) < 4.78 is 36.9. The van der Waals surface area contributed by atoms with Gasteiger partial charge in [0.15, 0.2) is 0 Å². The lowest BCUT2D eigenvalue weighted by molar-refractivity contribution is -0.139. The van der Waals surface area contributed by atoms with E-state index in [2.05, 4.69) is 0 Å². The molecule has 96 valence electrons. The van der Waals surface area contributed by atoms with Gasteiger partial charge in [0.2, 0.25) is 0 Å². The van der Waals surface area contributed by atoms with Crippen LogP contribution in [0.2, 0.25) is 0 Å². The predicted molar refractivity (Wildman–Crippen MR) is 58.8 cm³/mol. The molecule has 0 aliphatic carbocycles. The van der Waals surface area contributed by atoms with Crippen molar-refractivity contribution >= 4 is 5.97 Å². The lowest BCUT2D eigenvalue weighted by atomic mass is 9.99. The van der Waals surface area contributed by atoms with E-state index >= 15 is 0 Å². The van der Waals surface area contributed by atoms with Gasteiger partial charge in [0.25, 0.3) is 0 Å². The zero-order valence-electron chi connectivity index (χ0n) is 9.88. The first-order valence-corrected chi connectivity index (χ1v) is 5.22. The number of hydrogen-bond acceptors (Lipinski definition) is 1. The van der Waals surface area contributed by atoms with Crippen LogP contribution in [-0.2, 0) is 11.0 Å². The Morgan fingerprint density at radius 1 is 1.29 bits per heavy atom. The minimum absolute atomic E-state index is 0.150. The molecule has 5 heteroatoms. The highest BCUT2D eigenvalue weighted by Gasteiger charge is 2.31. The lowest BCUT2D eigenvalue weighted by Crippen LogP contribution is -2.10. The molecule has 2 nitrogen and oxygen atoms in total. The van der Waals surface area contributed by atoms with Crippen LogP contribution in [0.5, 0.6) is 0 Å². The molecule has 17 heavy (non-hydrogen) atoms. The third-order valence-electron chi connectivity index (χ3n) is 2.08. The molecule has 0 amide bonds. The van der Waals surface area contributed by atoms with Gasteiger partial charge in [-0.25, -0.2) is 0 Å². The third-order valence-corrected chi connectivity index (χ3v) is 2.08. The smallest absolute Gasteiger partial charge is 0.416 e. The van der Waals surface area contributed by atoms with Crippen molar-refractivity contribution in [1.29, 1.82) is 0 Å².